The largest absolute Gasteiger partial charge is 0.480 e. The Hall–Kier alpha value is -0.310. The van der Waals surface area contributed by atoms with E-state index >= 15 is 0 Å². The van der Waals surface area contributed by atoms with E-state index in [4.69, 9.17) is 9.84 Å². The number of carboxylic acids is 1. The van der Waals surface area contributed by atoms with Gasteiger partial charge in [0.1, 0.15) is 6.04 Å². The highest BCUT2D eigenvalue weighted by molar-refractivity contribution is 7.99. The summed E-state index contributed by atoms with van der Waals surface area (Å²) in [5.41, 5.74) is 0. The lowest BCUT2D eigenvalue weighted by atomic mass is 10.3. The topological polar surface area (TPSA) is 83.9 Å². The van der Waals surface area contributed by atoms with Crippen molar-refractivity contribution in [3.63, 3.8) is 0 Å². The van der Waals surface area contributed by atoms with Crippen molar-refractivity contribution in [2.24, 2.45) is 0 Å². The summed E-state index contributed by atoms with van der Waals surface area (Å²) in [4.78, 5) is 11.0. The van der Waals surface area contributed by atoms with Crippen molar-refractivity contribution in [3.8, 4) is 0 Å². The van der Waals surface area contributed by atoms with Gasteiger partial charge in [0.05, 0.1) is 5.75 Å². The number of methoxy groups -OCH3 is 1. The SMILES string of the molecule is COCCCS(=O)(=O)N1CCSCC1C(=O)O. The average molecular weight is 283 g/mol. The zero-order chi connectivity index (χ0) is 12.9. The van der Waals surface area contributed by atoms with Crippen molar-refractivity contribution < 1.29 is 23.1 Å². The molecule has 0 aromatic rings. The molecule has 1 aliphatic heterocycles. The summed E-state index contributed by atoms with van der Waals surface area (Å²) in [6, 6.07) is -0.929. The summed E-state index contributed by atoms with van der Waals surface area (Å²) >= 11 is 1.47. The smallest absolute Gasteiger partial charge is 0.322 e. The van der Waals surface area contributed by atoms with Gasteiger partial charge in [-0.2, -0.15) is 16.1 Å². The molecule has 100 valence electrons. The molecule has 1 saturated heterocycles. The van der Waals surface area contributed by atoms with Gasteiger partial charge >= 0.3 is 5.97 Å². The second-order valence-corrected chi connectivity index (χ2v) is 6.89. The molecule has 0 amide bonds. The van der Waals surface area contributed by atoms with Gasteiger partial charge in [0, 0.05) is 31.8 Å². The maximum absolute atomic E-state index is 12.0. The lowest BCUT2D eigenvalue weighted by Gasteiger charge is -2.31. The summed E-state index contributed by atoms with van der Waals surface area (Å²) in [5, 5.41) is 9.00. The van der Waals surface area contributed by atoms with E-state index in [2.05, 4.69) is 0 Å². The quantitative estimate of drug-likeness (QED) is 0.683. The van der Waals surface area contributed by atoms with Crippen LogP contribution in [0, 0.1) is 0 Å². The number of rotatable bonds is 6. The number of carbonyl (C=O) groups is 1. The second-order valence-electron chi connectivity index (χ2n) is 3.70. The molecule has 1 unspecified atom stereocenters. The van der Waals surface area contributed by atoms with Crippen molar-refractivity contribution in [1.82, 2.24) is 4.31 Å². The van der Waals surface area contributed by atoms with Crippen molar-refractivity contribution in [2.75, 3.05) is 37.5 Å². The summed E-state index contributed by atoms with van der Waals surface area (Å²) in [7, 11) is -1.99. The molecule has 1 fully saturated rings. The first-order chi connectivity index (χ1) is 7.99. The maximum atomic E-state index is 12.0. The molecule has 0 aromatic heterocycles. The Kier molecular flexibility index (Phi) is 5.71. The number of thioether (sulfide) groups is 1. The first kappa shape index (κ1) is 14.7. The molecule has 17 heavy (non-hydrogen) atoms. The van der Waals surface area contributed by atoms with E-state index in [0.29, 0.717) is 24.5 Å². The van der Waals surface area contributed by atoms with Gasteiger partial charge in [-0.25, -0.2) is 8.42 Å². The predicted octanol–water partition coefficient (Wildman–Crippen LogP) is -0.145. The fourth-order valence-electron chi connectivity index (χ4n) is 1.62. The van der Waals surface area contributed by atoms with E-state index in [9.17, 15) is 13.2 Å². The molecule has 6 nitrogen and oxygen atoms in total. The van der Waals surface area contributed by atoms with Gasteiger partial charge in [-0.05, 0) is 6.42 Å². The van der Waals surface area contributed by atoms with Crippen LogP contribution in [0.5, 0.6) is 0 Å². The number of hydrogen-bond donors (Lipinski definition) is 1. The van der Waals surface area contributed by atoms with Crippen molar-refractivity contribution in [1.29, 1.82) is 0 Å². The Morgan fingerprint density at radius 3 is 2.88 bits per heavy atom. The van der Waals surface area contributed by atoms with Crippen molar-refractivity contribution in [3.05, 3.63) is 0 Å². The van der Waals surface area contributed by atoms with Crippen LogP contribution in [0.2, 0.25) is 0 Å². The second kappa shape index (κ2) is 6.58. The average Bonchev–Trinajstić information content (AvgIpc) is 2.29. The number of hydrogen-bond acceptors (Lipinski definition) is 5. The van der Waals surface area contributed by atoms with E-state index < -0.39 is 22.0 Å². The van der Waals surface area contributed by atoms with Gasteiger partial charge in [-0.15, -0.1) is 0 Å². The Morgan fingerprint density at radius 1 is 1.59 bits per heavy atom. The van der Waals surface area contributed by atoms with Crippen LogP contribution < -0.4 is 0 Å². The highest BCUT2D eigenvalue weighted by atomic mass is 32.2. The van der Waals surface area contributed by atoms with Gasteiger partial charge in [-0.3, -0.25) is 4.79 Å². The molecular formula is C9H17NO5S2. The maximum Gasteiger partial charge on any atom is 0.322 e. The van der Waals surface area contributed by atoms with Crippen LogP contribution in [-0.2, 0) is 19.6 Å². The van der Waals surface area contributed by atoms with Crippen LogP contribution in [0.15, 0.2) is 0 Å². The normalized spacial score (nSPS) is 22.5. The van der Waals surface area contributed by atoms with Gasteiger partial charge in [0.2, 0.25) is 10.0 Å². The minimum absolute atomic E-state index is 0.0602. The third-order valence-corrected chi connectivity index (χ3v) is 5.45. The number of sulfonamides is 1. The summed E-state index contributed by atoms with van der Waals surface area (Å²) in [6.07, 6.45) is 0.384. The fraction of sp³-hybridized carbons (Fsp3) is 0.889. The Labute approximate surface area is 105 Å². The zero-order valence-corrected chi connectivity index (χ0v) is 11.3. The van der Waals surface area contributed by atoms with E-state index in [1.165, 1.54) is 18.9 Å². The first-order valence-corrected chi connectivity index (χ1v) is 8.04. The molecule has 0 saturated carbocycles. The van der Waals surface area contributed by atoms with Crippen molar-refractivity contribution >= 4 is 27.8 Å². The van der Waals surface area contributed by atoms with Gasteiger partial charge in [0.25, 0.3) is 0 Å². The Morgan fingerprint density at radius 2 is 2.29 bits per heavy atom. The van der Waals surface area contributed by atoms with E-state index in [0.717, 1.165) is 4.31 Å². The minimum atomic E-state index is -3.49. The molecule has 0 radical (unpaired) electrons. The summed E-state index contributed by atoms with van der Waals surface area (Å²) < 4.78 is 29.9. The van der Waals surface area contributed by atoms with Crippen LogP contribution in [-0.4, -0.2) is 67.4 Å². The highest BCUT2D eigenvalue weighted by Gasteiger charge is 2.36. The molecule has 1 heterocycles. The van der Waals surface area contributed by atoms with Crippen LogP contribution in [0.25, 0.3) is 0 Å². The molecule has 0 bridgehead atoms. The van der Waals surface area contributed by atoms with Gasteiger partial charge in [0.15, 0.2) is 0 Å². The van der Waals surface area contributed by atoms with Crippen LogP contribution in [0.3, 0.4) is 0 Å². The minimum Gasteiger partial charge on any atom is -0.480 e. The molecule has 1 aliphatic rings. The van der Waals surface area contributed by atoms with Crippen LogP contribution in [0.1, 0.15) is 6.42 Å². The first-order valence-electron chi connectivity index (χ1n) is 5.28. The standard InChI is InChI=1S/C9H17NO5S2/c1-15-4-2-6-17(13,14)10-3-5-16-7-8(10)9(11)12/h8H,2-7H2,1H3,(H,11,12). The molecule has 1 N–H and O–H groups in total. The zero-order valence-electron chi connectivity index (χ0n) is 9.66. The molecule has 0 aromatic carbocycles. The third-order valence-electron chi connectivity index (χ3n) is 2.47. The van der Waals surface area contributed by atoms with Crippen LogP contribution in [0.4, 0.5) is 0 Å². The number of aliphatic carboxylic acids is 1. The molecular weight excluding hydrogens is 266 g/mol. The molecule has 8 heteroatoms. The highest BCUT2D eigenvalue weighted by Crippen LogP contribution is 2.20. The third kappa shape index (κ3) is 4.13. The number of carboxylic acid groups (broad SMARTS) is 1. The lowest BCUT2D eigenvalue weighted by Crippen LogP contribution is -2.50. The van der Waals surface area contributed by atoms with Gasteiger partial charge in [-0.1, -0.05) is 0 Å². The molecule has 0 aliphatic carbocycles. The predicted molar refractivity (Wildman–Crippen MR) is 65.7 cm³/mol. The molecule has 0 spiro atoms. The summed E-state index contributed by atoms with van der Waals surface area (Å²) in [6.45, 7) is 0.635. The van der Waals surface area contributed by atoms with Crippen molar-refractivity contribution in [2.45, 2.75) is 12.5 Å². The van der Waals surface area contributed by atoms with E-state index in [-0.39, 0.29) is 12.3 Å². The number of nitrogens with zero attached hydrogens (tertiary/aromatic N) is 1. The fourth-order valence-corrected chi connectivity index (χ4v) is 4.51. The van der Waals surface area contributed by atoms with E-state index in [1.807, 2.05) is 0 Å². The van der Waals surface area contributed by atoms with Crippen LogP contribution >= 0.6 is 11.8 Å². The number of ether oxygens (including phenoxy) is 1. The van der Waals surface area contributed by atoms with Gasteiger partial charge < -0.3 is 9.84 Å². The Balaban J connectivity index is 2.69. The summed E-state index contributed by atoms with van der Waals surface area (Å²) in [5.74, 6) is -0.172. The lowest BCUT2D eigenvalue weighted by molar-refractivity contribution is -0.140. The monoisotopic (exact) mass is 283 g/mol. The molecule has 1 rings (SSSR count). The van der Waals surface area contributed by atoms with E-state index in [1.54, 1.807) is 0 Å². The Bertz CT molecular complexity index is 356. The molecule has 1 atom stereocenters.